The first kappa shape index (κ1) is 53.4. The normalized spacial score (nSPS) is 20.8. The van der Waals surface area contributed by atoms with Crippen LogP contribution in [0.5, 0.6) is 11.5 Å². The van der Waals surface area contributed by atoms with Crippen LogP contribution in [0.25, 0.3) is 11.3 Å². The van der Waals surface area contributed by atoms with Crippen LogP contribution in [0.1, 0.15) is 70.3 Å². The van der Waals surface area contributed by atoms with Gasteiger partial charge in [0.1, 0.15) is 40.8 Å². The van der Waals surface area contributed by atoms with Crippen LogP contribution in [0.3, 0.4) is 0 Å². The van der Waals surface area contributed by atoms with Crippen molar-refractivity contribution in [1.29, 1.82) is 0 Å². The predicted octanol–water partition coefficient (Wildman–Crippen LogP) is 8.23. The number of hydrogen-bond donors (Lipinski definition) is 2. The second-order valence-electron chi connectivity index (χ2n) is 18.7. The Morgan fingerprint density at radius 3 is 2.30 bits per heavy atom. The van der Waals surface area contributed by atoms with Gasteiger partial charge >= 0.3 is 12.3 Å². The van der Waals surface area contributed by atoms with Gasteiger partial charge in [0.15, 0.2) is 0 Å². The minimum Gasteiger partial charge on any atom is -0.457 e. The SMILES string of the molecule is COC[C@@H]1NC(=O)[C@H](C)N(Cc2c(F)cc(Cl)cc2Oc2ccc(-c3cnc(CNC(=O)OC(C)(C)C)n3C)cc2)C(=O)C[C@@H](CC(F)(F)F)C(=O)N2CCC[C@@](Cc3ccc(Cl)cc3)(C2)N(C)C1=O. The summed E-state index contributed by atoms with van der Waals surface area (Å²) < 4.78 is 78.1. The van der Waals surface area contributed by atoms with Crippen LogP contribution >= 0.6 is 23.2 Å². The van der Waals surface area contributed by atoms with Crippen molar-refractivity contribution in [3.05, 3.63) is 99.7 Å². The van der Waals surface area contributed by atoms with Gasteiger partial charge in [-0.1, -0.05) is 35.3 Å². The third kappa shape index (κ3) is 13.3. The van der Waals surface area contributed by atoms with Gasteiger partial charge < -0.3 is 44.1 Å². The molecule has 1 aromatic heterocycles. The summed E-state index contributed by atoms with van der Waals surface area (Å²) in [6, 6.07) is 12.7. The average Bonchev–Trinajstić information content (AvgIpc) is 3.65. The summed E-state index contributed by atoms with van der Waals surface area (Å²) in [5.74, 6) is -5.92. The number of carbonyl (C=O) groups excluding carboxylic acids is 5. The molecule has 3 aromatic carbocycles. The third-order valence-corrected chi connectivity index (χ3v) is 12.9. The van der Waals surface area contributed by atoms with Crippen LogP contribution in [0.15, 0.2) is 66.9 Å². The van der Waals surface area contributed by atoms with E-state index < -0.39 is 90.2 Å². The number of methoxy groups -OCH3 is 1. The molecule has 4 atom stereocenters. The van der Waals surface area contributed by atoms with Gasteiger partial charge in [-0.3, -0.25) is 19.2 Å². The molecule has 0 aliphatic carbocycles. The number of rotatable bonds is 12. The molecule has 378 valence electrons. The number of nitrogens with one attached hydrogen (secondary N) is 2. The molecule has 0 spiro atoms. The number of amides is 5. The smallest absolute Gasteiger partial charge is 0.408 e. The van der Waals surface area contributed by atoms with Crippen LogP contribution in [-0.2, 0) is 55.2 Å². The van der Waals surface area contributed by atoms with Crippen molar-refractivity contribution in [2.45, 2.75) is 102 Å². The summed E-state index contributed by atoms with van der Waals surface area (Å²) in [5.41, 5.74) is -0.0268. The Labute approximate surface area is 413 Å². The van der Waals surface area contributed by atoms with Gasteiger partial charge in [-0.25, -0.2) is 14.2 Å². The molecule has 2 aliphatic rings. The maximum absolute atomic E-state index is 16.2. The third-order valence-electron chi connectivity index (χ3n) is 12.4. The Morgan fingerprint density at radius 1 is 0.971 bits per heavy atom. The van der Waals surface area contributed by atoms with Crippen LogP contribution in [0, 0.1) is 11.7 Å². The van der Waals surface area contributed by atoms with Gasteiger partial charge in [0.25, 0.3) is 0 Å². The van der Waals surface area contributed by atoms with E-state index in [2.05, 4.69) is 15.6 Å². The van der Waals surface area contributed by atoms with Crippen molar-refractivity contribution in [3.63, 3.8) is 0 Å². The summed E-state index contributed by atoms with van der Waals surface area (Å²) in [6.07, 6.45) is -5.71. The highest BCUT2D eigenvalue weighted by Gasteiger charge is 2.48. The van der Waals surface area contributed by atoms with E-state index in [0.717, 1.165) is 16.5 Å². The van der Waals surface area contributed by atoms with Gasteiger partial charge in [0.05, 0.1) is 49.5 Å². The van der Waals surface area contributed by atoms with E-state index in [1.54, 1.807) is 87.1 Å². The second-order valence-corrected chi connectivity index (χ2v) is 19.6. The van der Waals surface area contributed by atoms with Crippen molar-refractivity contribution >= 4 is 52.9 Å². The van der Waals surface area contributed by atoms with E-state index in [9.17, 15) is 37.1 Å². The molecule has 15 nitrogen and oxygen atoms in total. The highest BCUT2D eigenvalue weighted by Crippen LogP contribution is 2.37. The fourth-order valence-electron chi connectivity index (χ4n) is 8.78. The number of carbonyl (C=O) groups is 5. The number of fused-ring (bicyclic) bond motifs is 2. The molecule has 2 N–H and O–H groups in total. The maximum Gasteiger partial charge on any atom is 0.408 e. The highest BCUT2D eigenvalue weighted by atomic mass is 35.5. The number of aromatic nitrogens is 2. The lowest BCUT2D eigenvalue weighted by atomic mass is 9.80. The quantitative estimate of drug-likeness (QED) is 0.133. The molecule has 2 saturated heterocycles. The summed E-state index contributed by atoms with van der Waals surface area (Å²) in [5, 5.41) is 5.72. The number of halogens is 6. The molecule has 5 amide bonds. The fraction of sp³-hybridized carbons (Fsp3) is 0.469. The molecule has 2 bridgehead atoms. The van der Waals surface area contributed by atoms with Crippen LogP contribution in [0.4, 0.5) is 22.4 Å². The number of imidazole rings is 1. The summed E-state index contributed by atoms with van der Waals surface area (Å²) in [6.45, 7) is 5.45. The maximum atomic E-state index is 16.2. The standard InChI is InChI=1S/C49H57Cl2F4N7O8/c1-29-43(64)58-38(27-68-7)45(66)60(6)48(22-30-9-13-33(50)14-10-30)17-8-18-61(28-48)44(65)32(23-49(53,54)55)19-42(63)62(29)26-36-37(52)20-34(51)21-40(36)69-35-15-11-31(12-16-35)39-24-56-41(59(39)5)25-57-46(67)70-47(2,3)4/h9-16,20-21,24,29,32,38H,8,17-19,22-23,25-28H2,1-7H3,(H,57,67)(H,58,64)/t29-,32-,38-,48+/m0/s1. The zero-order chi connectivity index (χ0) is 51.3. The molecule has 0 unspecified atom stereocenters. The number of ether oxygens (including phenoxy) is 3. The van der Waals surface area contributed by atoms with E-state index in [-0.39, 0.29) is 54.7 Å². The second kappa shape index (κ2) is 22.0. The Kier molecular flexibility index (Phi) is 16.8. The number of piperidine rings is 1. The van der Waals surface area contributed by atoms with Crippen molar-refractivity contribution in [3.8, 4) is 22.8 Å². The Morgan fingerprint density at radius 2 is 1.66 bits per heavy atom. The Bertz CT molecular complexity index is 2560. The van der Waals surface area contributed by atoms with Gasteiger partial charge in [0, 0.05) is 61.9 Å². The van der Waals surface area contributed by atoms with E-state index in [4.69, 9.17) is 37.4 Å². The van der Waals surface area contributed by atoms with Crippen molar-refractivity contribution < 1.29 is 55.7 Å². The molecule has 2 aliphatic heterocycles. The minimum atomic E-state index is -4.90. The van der Waals surface area contributed by atoms with E-state index >= 15 is 4.39 Å². The summed E-state index contributed by atoms with van der Waals surface area (Å²) in [4.78, 5) is 78.0. The van der Waals surface area contributed by atoms with Crippen molar-refractivity contribution in [1.82, 2.24) is 34.9 Å². The van der Waals surface area contributed by atoms with Crippen LogP contribution in [0.2, 0.25) is 10.0 Å². The summed E-state index contributed by atoms with van der Waals surface area (Å²) >= 11 is 12.5. The van der Waals surface area contributed by atoms with Gasteiger partial charge in [-0.05, 0) is 101 Å². The molecule has 2 fully saturated rings. The highest BCUT2D eigenvalue weighted by molar-refractivity contribution is 6.31. The lowest BCUT2D eigenvalue weighted by molar-refractivity contribution is -0.166. The Balaban J connectivity index is 1.32. The first-order valence-corrected chi connectivity index (χ1v) is 23.3. The molecule has 4 aromatic rings. The first-order chi connectivity index (χ1) is 32.9. The van der Waals surface area contributed by atoms with E-state index in [0.29, 0.717) is 34.9 Å². The first-order valence-electron chi connectivity index (χ1n) is 22.6. The predicted molar refractivity (Wildman–Crippen MR) is 252 cm³/mol. The molecule has 6 rings (SSSR count). The lowest BCUT2D eigenvalue weighted by Crippen LogP contribution is -2.65. The largest absolute Gasteiger partial charge is 0.457 e. The van der Waals surface area contributed by atoms with Gasteiger partial charge in [-0.2, -0.15) is 13.2 Å². The topological polar surface area (TPSA) is 165 Å². The molecule has 70 heavy (non-hydrogen) atoms. The lowest BCUT2D eigenvalue weighted by Gasteiger charge is -2.50. The van der Waals surface area contributed by atoms with Crippen molar-refractivity contribution in [2.75, 3.05) is 33.9 Å². The van der Waals surface area contributed by atoms with E-state index in [1.165, 1.54) is 36.9 Å². The zero-order valence-electron chi connectivity index (χ0n) is 39.9. The number of benzene rings is 3. The molecular weight excluding hydrogens is 961 g/mol. The average molecular weight is 1020 g/mol. The zero-order valence-corrected chi connectivity index (χ0v) is 41.4. The Hall–Kier alpha value is -5.92. The van der Waals surface area contributed by atoms with Crippen LogP contribution in [-0.4, -0.2) is 117 Å². The number of alkyl carbamates (subject to hydrolysis) is 1. The number of hydrogen-bond acceptors (Lipinski definition) is 9. The minimum absolute atomic E-state index is 0.0538. The summed E-state index contributed by atoms with van der Waals surface area (Å²) in [7, 11) is 4.61. The molecule has 3 heterocycles. The van der Waals surface area contributed by atoms with Gasteiger partial charge in [0.2, 0.25) is 23.6 Å². The van der Waals surface area contributed by atoms with E-state index in [1.807, 2.05) is 0 Å². The number of alkyl halides is 3. The molecule has 21 heteroatoms. The monoisotopic (exact) mass is 1020 g/mol. The molecule has 0 saturated carbocycles. The molecule has 0 radical (unpaired) electrons. The van der Waals surface area contributed by atoms with Crippen LogP contribution < -0.4 is 15.4 Å². The van der Waals surface area contributed by atoms with Crippen molar-refractivity contribution in [2.24, 2.45) is 13.0 Å². The number of likely N-dealkylation sites (N-methyl/N-ethyl adjacent to an activating group) is 1. The fourth-order valence-corrected chi connectivity index (χ4v) is 9.10. The molecular formula is C49H57Cl2F4N7O8. The van der Waals surface area contributed by atoms with Gasteiger partial charge in [-0.15, -0.1) is 0 Å². The number of nitrogens with zero attached hydrogens (tertiary/aromatic N) is 5.